The number of fused-ring (bicyclic) bond motifs is 1. The topological polar surface area (TPSA) is 29.1 Å². The molecule has 0 spiro atoms. The first-order valence-corrected chi connectivity index (χ1v) is 10.3. The molecule has 1 aliphatic rings. The van der Waals surface area contributed by atoms with Gasteiger partial charge in [-0.2, -0.15) is 0 Å². The second-order valence-electron chi connectivity index (χ2n) is 7.43. The van der Waals surface area contributed by atoms with Crippen molar-refractivity contribution in [3.8, 4) is 0 Å². The number of hydrogen-bond acceptors (Lipinski definition) is 2. The van der Waals surface area contributed by atoms with Crippen LogP contribution in [0, 0.1) is 12.7 Å². The zero-order valence-corrected chi connectivity index (χ0v) is 17.5. The van der Waals surface area contributed by atoms with E-state index in [1.807, 2.05) is 67.6 Å². The number of carbonyl (C=O) groups excluding carboxylic acids is 1. The van der Waals surface area contributed by atoms with Gasteiger partial charge in [-0.3, -0.25) is 4.79 Å². The minimum Gasteiger partial charge on any atom is -0.352 e. The summed E-state index contributed by atoms with van der Waals surface area (Å²) in [6.45, 7) is 2.50. The minimum absolute atomic E-state index is 0.0994. The van der Waals surface area contributed by atoms with E-state index >= 15 is 0 Å². The molecule has 0 atom stereocenters. The molecule has 1 aliphatic carbocycles. The molecule has 0 fully saturated rings. The molecule has 0 saturated carbocycles. The van der Waals surface area contributed by atoms with Crippen molar-refractivity contribution in [2.75, 3.05) is 0 Å². The van der Waals surface area contributed by atoms with Crippen molar-refractivity contribution >= 4 is 34.6 Å². The zero-order chi connectivity index (χ0) is 21.1. The van der Waals surface area contributed by atoms with Gasteiger partial charge in [0.25, 0.3) is 0 Å². The third-order valence-electron chi connectivity index (χ3n) is 5.20. The fraction of sp³-hybridized carbons (Fsp3) is 0.115. The Morgan fingerprint density at radius 1 is 0.967 bits per heavy atom. The molecule has 0 unspecified atom stereocenters. The maximum absolute atomic E-state index is 14.0. The lowest BCUT2D eigenvalue weighted by atomic mass is 10.0. The molecule has 0 bridgehead atoms. The number of hydrogen-bond donors (Lipinski definition) is 2. The average Bonchev–Trinajstić information content (AvgIpc) is 3.10. The van der Waals surface area contributed by atoms with E-state index in [9.17, 15) is 9.18 Å². The SMILES string of the molecule is Cc1ccc(C(S)=C2C=C(CC(=O)NCc3ccccc3)c3cc(F)ccc32)cc1. The van der Waals surface area contributed by atoms with Crippen molar-refractivity contribution in [1.29, 1.82) is 0 Å². The van der Waals surface area contributed by atoms with Crippen LogP contribution in [-0.2, 0) is 11.3 Å². The van der Waals surface area contributed by atoms with Crippen molar-refractivity contribution in [2.24, 2.45) is 0 Å². The monoisotopic (exact) mass is 415 g/mol. The van der Waals surface area contributed by atoms with Crippen molar-refractivity contribution in [3.63, 3.8) is 0 Å². The van der Waals surface area contributed by atoms with Gasteiger partial charge in [-0.05, 0) is 58.5 Å². The molecular formula is C26H22FNOS. The van der Waals surface area contributed by atoms with E-state index in [1.54, 1.807) is 6.07 Å². The second-order valence-corrected chi connectivity index (χ2v) is 7.87. The normalized spacial score (nSPS) is 14.2. The van der Waals surface area contributed by atoms with Crippen LogP contribution in [0.15, 0.2) is 78.9 Å². The molecule has 1 N–H and O–H groups in total. The van der Waals surface area contributed by atoms with Crippen LogP contribution in [0.1, 0.15) is 34.2 Å². The van der Waals surface area contributed by atoms with Gasteiger partial charge in [0.2, 0.25) is 5.91 Å². The number of thiol groups is 1. The largest absolute Gasteiger partial charge is 0.352 e. The van der Waals surface area contributed by atoms with Gasteiger partial charge in [-0.15, -0.1) is 12.6 Å². The summed E-state index contributed by atoms with van der Waals surface area (Å²) in [5.74, 6) is -0.417. The minimum atomic E-state index is -0.318. The first-order valence-electron chi connectivity index (χ1n) is 9.83. The number of benzene rings is 3. The van der Waals surface area contributed by atoms with E-state index in [-0.39, 0.29) is 18.1 Å². The summed E-state index contributed by atoms with van der Waals surface area (Å²) in [5, 5.41) is 2.94. The number of aryl methyl sites for hydroxylation is 1. The summed E-state index contributed by atoms with van der Waals surface area (Å²) in [4.78, 5) is 13.4. The molecule has 2 nitrogen and oxygen atoms in total. The van der Waals surface area contributed by atoms with Gasteiger partial charge in [-0.1, -0.05) is 66.2 Å². The fourth-order valence-electron chi connectivity index (χ4n) is 3.59. The Kier molecular flexibility index (Phi) is 5.86. The van der Waals surface area contributed by atoms with Crippen LogP contribution in [0.3, 0.4) is 0 Å². The predicted molar refractivity (Wildman–Crippen MR) is 124 cm³/mol. The Balaban J connectivity index is 1.61. The van der Waals surface area contributed by atoms with Gasteiger partial charge in [0.05, 0.1) is 6.42 Å². The molecule has 3 aromatic rings. The summed E-state index contributed by atoms with van der Waals surface area (Å²) in [6.07, 6.45) is 2.14. The molecule has 0 saturated heterocycles. The highest BCUT2D eigenvalue weighted by molar-refractivity contribution is 7.90. The molecule has 3 aromatic carbocycles. The second kappa shape index (κ2) is 8.72. The maximum atomic E-state index is 14.0. The van der Waals surface area contributed by atoms with Gasteiger partial charge in [0, 0.05) is 11.4 Å². The number of nitrogens with one attached hydrogen (secondary N) is 1. The van der Waals surface area contributed by atoms with Crippen LogP contribution in [0.5, 0.6) is 0 Å². The highest BCUT2D eigenvalue weighted by atomic mass is 32.1. The van der Waals surface area contributed by atoms with Crippen LogP contribution < -0.4 is 5.32 Å². The number of amides is 1. The van der Waals surface area contributed by atoms with Gasteiger partial charge in [-0.25, -0.2) is 4.39 Å². The molecule has 0 radical (unpaired) electrons. The van der Waals surface area contributed by atoms with Gasteiger partial charge in [0.15, 0.2) is 0 Å². The lowest BCUT2D eigenvalue weighted by molar-refractivity contribution is -0.120. The van der Waals surface area contributed by atoms with Crippen LogP contribution in [0.4, 0.5) is 4.39 Å². The van der Waals surface area contributed by atoms with Crippen LogP contribution in [0.25, 0.3) is 16.1 Å². The van der Waals surface area contributed by atoms with Crippen molar-refractivity contribution in [3.05, 3.63) is 113 Å². The smallest absolute Gasteiger partial charge is 0.224 e. The van der Waals surface area contributed by atoms with Gasteiger partial charge < -0.3 is 5.32 Å². The van der Waals surface area contributed by atoms with Gasteiger partial charge in [0.1, 0.15) is 5.82 Å². The predicted octanol–water partition coefficient (Wildman–Crippen LogP) is 6.04. The van der Waals surface area contributed by atoms with Crippen LogP contribution in [0.2, 0.25) is 0 Å². The first-order chi connectivity index (χ1) is 14.5. The molecule has 4 heteroatoms. The van der Waals surface area contributed by atoms with E-state index in [2.05, 4.69) is 5.32 Å². The maximum Gasteiger partial charge on any atom is 0.224 e. The van der Waals surface area contributed by atoms with Crippen LogP contribution in [-0.4, -0.2) is 5.91 Å². The van der Waals surface area contributed by atoms with E-state index < -0.39 is 0 Å². The third kappa shape index (κ3) is 4.39. The van der Waals surface area contributed by atoms with Gasteiger partial charge >= 0.3 is 0 Å². The van der Waals surface area contributed by atoms with Crippen molar-refractivity contribution in [2.45, 2.75) is 19.9 Å². The lowest BCUT2D eigenvalue weighted by Gasteiger charge is -2.09. The standard InChI is InChI=1S/C26H22FNOS/c1-17-7-9-19(10-8-17)26(30)24-13-20(23-15-21(27)11-12-22(23)24)14-25(29)28-16-18-5-3-2-4-6-18/h2-13,15,30H,14,16H2,1H3,(H,28,29). The summed E-state index contributed by atoms with van der Waals surface area (Å²) in [5.41, 5.74) is 6.54. The van der Waals surface area contributed by atoms with E-state index in [4.69, 9.17) is 12.6 Å². The van der Waals surface area contributed by atoms with E-state index in [0.717, 1.165) is 38.3 Å². The molecule has 150 valence electrons. The highest BCUT2D eigenvalue weighted by Gasteiger charge is 2.23. The third-order valence-corrected chi connectivity index (χ3v) is 5.70. The Bertz CT molecular complexity index is 1150. The van der Waals surface area contributed by atoms with Crippen molar-refractivity contribution in [1.82, 2.24) is 5.32 Å². The fourth-order valence-corrected chi connectivity index (χ4v) is 3.92. The van der Waals surface area contributed by atoms with E-state index in [1.165, 1.54) is 17.7 Å². The van der Waals surface area contributed by atoms with Crippen LogP contribution >= 0.6 is 12.6 Å². The number of halogens is 1. The summed E-state index contributed by atoms with van der Waals surface area (Å²) >= 11 is 4.76. The molecular weight excluding hydrogens is 393 g/mol. The summed E-state index contributed by atoms with van der Waals surface area (Å²) < 4.78 is 14.0. The zero-order valence-electron chi connectivity index (χ0n) is 16.7. The molecule has 4 rings (SSSR count). The molecule has 0 heterocycles. The number of allylic oxidation sites excluding steroid dienone is 2. The molecule has 1 amide bonds. The number of carbonyl (C=O) groups is 1. The van der Waals surface area contributed by atoms with Crippen molar-refractivity contribution < 1.29 is 9.18 Å². The summed E-state index contributed by atoms with van der Waals surface area (Å²) in [7, 11) is 0. The Morgan fingerprint density at radius 2 is 1.70 bits per heavy atom. The number of rotatable bonds is 5. The molecule has 30 heavy (non-hydrogen) atoms. The Hall–Kier alpha value is -3.11. The lowest BCUT2D eigenvalue weighted by Crippen LogP contribution is -2.22. The first kappa shape index (κ1) is 20.2. The average molecular weight is 416 g/mol. The highest BCUT2D eigenvalue weighted by Crippen LogP contribution is 2.42. The summed E-state index contributed by atoms with van der Waals surface area (Å²) in [6, 6.07) is 22.6. The molecule has 0 aliphatic heterocycles. The van der Waals surface area contributed by atoms with E-state index in [0.29, 0.717) is 6.54 Å². The molecule has 0 aromatic heterocycles. The Morgan fingerprint density at radius 3 is 2.43 bits per heavy atom. The Labute approximate surface area is 181 Å². The quantitative estimate of drug-likeness (QED) is 0.489.